The van der Waals surface area contributed by atoms with Gasteiger partial charge in [0.05, 0.1) is 5.56 Å². The Balaban J connectivity index is 2.44. The third-order valence-corrected chi connectivity index (χ3v) is 4.77. The van der Waals surface area contributed by atoms with Crippen LogP contribution in [0.5, 0.6) is 0 Å². The number of hydrogen-bond donors (Lipinski definition) is 1. The molecule has 16 heavy (non-hydrogen) atoms. The van der Waals surface area contributed by atoms with Gasteiger partial charge in [0.2, 0.25) is 0 Å². The summed E-state index contributed by atoms with van der Waals surface area (Å²) in [4.78, 5) is 11.2. The fourth-order valence-corrected chi connectivity index (χ4v) is 3.17. The summed E-state index contributed by atoms with van der Waals surface area (Å²) in [5.74, 6) is -0.810. The zero-order valence-electron chi connectivity index (χ0n) is 9.56. The number of carbonyl (C=O) groups is 1. The summed E-state index contributed by atoms with van der Waals surface area (Å²) in [6.07, 6.45) is 4.31. The number of thioether (sulfide) groups is 1. The molecule has 2 rings (SSSR count). The predicted molar refractivity (Wildman–Crippen MR) is 67.3 cm³/mol. The summed E-state index contributed by atoms with van der Waals surface area (Å²) in [5, 5.41) is 9.68. The van der Waals surface area contributed by atoms with E-state index in [-0.39, 0.29) is 5.41 Å². The Hall–Kier alpha value is -0.960. The van der Waals surface area contributed by atoms with Crippen LogP contribution in [0.1, 0.15) is 35.7 Å². The first kappa shape index (κ1) is 11.5. The molecule has 2 nitrogen and oxygen atoms in total. The molecule has 0 amide bonds. The third-order valence-electron chi connectivity index (χ3n) is 3.61. The molecule has 0 aromatic heterocycles. The Kier molecular flexibility index (Phi) is 2.98. The van der Waals surface area contributed by atoms with Crippen molar-refractivity contribution in [1.82, 2.24) is 0 Å². The lowest BCUT2D eigenvalue weighted by molar-refractivity contribution is 0.0695. The largest absolute Gasteiger partial charge is 0.478 e. The van der Waals surface area contributed by atoms with Gasteiger partial charge in [-0.2, -0.15) is 11.8 Å². The predicted octanol–water partition coefficient (Wildman–Crippen LogP) is 3.17. The highest BCUT2D eigenvalue weighted by Gasteiger charge is 2.50. The maximum absolute atomic E-state index is 11.2. The minimum absolute atomic E-state index is 0.106. The first-order valence-electron chi connectivity index (χ1n) is 5.47. The number of benzene rings is 1. The van der Waals surface area contributed by atoms with Gasteiger partial charge in [0, 0.05) is 10.7 Å². The lowest BCUT2D eigenvalue weighted by Gasteiger charge is -2.23. The van der Waals surface area contributed by atoms with Crippen molar-refractivity contribution in [2.24, 2.45) is 0 Å². The topological polar surface area (TPSA) is 37.3 Å². The van der Waals surface area contributed by atoms with Crippen LogP contribution < -0.4 is 0 Å². The van der Waals surface area contributed by atoms with Gasteiger partial charge in [-0.05, 0) is 30.7 Å². The zero-order chi connectivity index (χ0) is 11.8. The van der Waals surface area contributed by atoms with Crippen molar-refractivity contribution in [3.63, 3.8) is 0 Å². The van der Waals surface area contributed by atoms with E-state index in [1.165, 1.54) is 0 Å². The van der Waals surface area contributed by atoms with Crippen LogP contribution >= 0.6 is 11.8 Å². The summed E-state index contributed by atoms with van der Waals surface area (Å²) in [6, 6.07) is 7.43. The second-order valence-corrected chi connectivity index (χ2v) is 5.56. The molecule has 1 unspecified atom stereocenters. The van der Waals surface area contributed by atoms with Crippen LogP contribution in [-0.2, 0) is 5.41 Å². The SMILES string of the molecule is CSC(C)C1(c2ccccc2C(=O)O)CC1. The highest BCUT2D eigenvalue weighted by Crippen LogP contribution is 2.55. The van der Waals surface area contributed by atoms with Crippen LogP contribution in [0.25, 0.3) is 0 Å². The van der Waals surface area contributed by atoms with Gasteiger partial charge >= 0.3 is 5.97 Å². The van der Waals surface area contributed by atoms with Gasteiger partial charge in [-0.1, -0.05) is 25.1 Å². The molecule has 1 aliphatic carbocycles. The first-order valence-corrected chi connectivity index (χ1v) is 6.76. The Labute approximate surface area is 100 Å². The standard InChI is InChI=1S/C13H16O2S/c1-9(16-2)13(7-8-13)11-6-4-3-5-10(11)12(14)15/h3-6,9H,7-8H2,1-2H3,(H,14,15). The van der Waals surface area contributed by atoms with E-state index in [1.54, 1.807) is 12.1 Å². The normalized spacial score (nSPS) is 19.1. The van der Waals surface area contributed by atoms with Gasteiger partial charge < -0.3 is 5.11 Å². The zero-order valence-corrected chi connectivity index (χ0v) is 10.4. The Morgan fingerprint density at radius 1 is 1.44 bits per heavy atom. The van der Waals surface area contributed by atoms with Crippen LogP contribution in [0.2, 0.25) is 0 Å². The van der Waals surface area contributed by atoms with E-state index >= 15 is 0 Å². The van der Waals surface area contributed by atoms with Crippen LogP contribution in [0.15, 0.2) is 24.3 Å². The van der Waals surface area contributed by atoms with Crippen molar-refractivity contribution >= 4 is 17.7 Å². The number of hydrogen-bond acceptors (Lipinski definition) is 2. The van der Waals surface area contributed by atoms with Crippen LogP contribution in [-0.4, -0.2) is 22.6 Å². The van der Waals surface area contributed by atoms with Crippen molar-refractivity contribution < 1.29 is 9.90 Å². The molecular weight excluding hydrogens is 220 g/mol. The van der Waals surface area contributed by atoms with Gasteiger partial charge in [0.1, 0.15) is 0 Å². The lowest BCUT2D eigenvalue weighted by Crippen LogP contribution is -2.22. The molecule has 1 N–H and O–H groups in total. The van der Waals surface area contributed by atoms with Crippen molar-refractivity contribution in [3.8, 4) is 0 Å². The molecule has 1 aromatic carbocycles. The van der Waals surface area contributed by atoms with E-state index in [4.69, 9.17) is 0 Å². The molecule has 0 spiro atoms. The Morgan fingerprint density at radius 2 is 2.06 bits per heavy atom. The van der Waals surface area contributed by atoms with Gasteiger partial charge in [0.15, 0.2) is 0 Å². The number of carboxylic acids is 1. The average Bonchev–Trinajstić information content (AvgIpc) is 3.09. The minimum atomic E-state index is -0.810. The number of carboxylic acid groups (broad SMARTS) is 1. The van der Waals surface area contributed by atoms with E-state index in [0.717, 1.165) is 18.4 Å². The molecule has 1 aromatic rings. The summed E-state index contributed by atoms with van der Waals surface area (Å²) in [5.41, 5.74) is 1.60. The van der Waals surface area contributed by atoms with E-state index in [9.17, 15) is 9.90 Å². The molecule has 3 heteroatoms. The molecule has 86 valence electrons. The maximum Gasteiger partial charge on any atom is 0.335 e. The van der Waals surface area contributed by atoms with Gasteiger partial charge in [-0.25, -0.2) is 4.79 Å². The summed E-state index contributed by atoms with van der Waals surface area (Å²) in [6.45, 7) is 2.19. The van der Waals surface area contributed by atoms with Gasteiger partial charge in [-0.3, -0.25) is 0 Å². The maximum atomic E-state index is 11.2. The first-order chi connectivity index (χ1) is 7.62. The number of rotatable bonds is 4. The quantitative estimate of drug-likeness (QED) is 0.872. The fourth-order valence-electron chi connectivity index (χ4n) is 2.36. The van der Waals surface area contributed by atoms with Crippen LogP contribution in [0, 0.1) is 0 Å². The second-order valence-electron chi connectivity index (χ2n) is 4.38. The Bertz CT molecular complexity index is 410. The second kappa shape index (κ2) is 4.13. The van der Waals surface area contributed by atoms with E-state index < -0.39 is 5.97 Å². The molecule has 0 radical (unpaired) electrons. The van der Waals surface area contributed by atoms with Crippen molar-refractivity contribution in [3.05, 3.63) is 35.4 Å². The summed E-state index contributed by atoms with van der Waals surface area (Å²) >= 11 is 1.82. The monoisotopic (exact) mass is 236 g/mol. The van der Waals surface area contributed by atoms with Crippen molar-refractivity contribution in [2.45, 2.75) is 30.4 Å². The van der Waals surface area contributed by atoms with Crippen LogP contribution in [0.4, 0.5) is 0 Å². The fraction of sp³-hybridized carbons (Fsp3) is 0.462. The van der Waals surface area contributed by atoms with Crippen molar-refractivity contribution in [1.29, 1.82) is 0 Å². The highest BCUT2D eigenvalue weighted by atomic mass is 32.2. The molecule has 0 aliphatic heterocycles. The highest BCUT2D eigenvalue weighted by molar-refractivity contribution is 7.99. The smallest absolute Gasteiger partial charge is 0.335 e. The van der Waals surface area contributed by atoms with Gasteiger partial charge in [-0.15, -0.1) is 0 Å². The van der Waals surface area contributed by atoms with Crippen molar-refractivity contribution in [2.75, 3.05) is 6.26 Å². The minimum Gasteiger partial charge on any atom is -0.478 e. The lowest BCUT2D eigenvalue weighted by atomic mass is 9.89. The third kappa shape index (κ3) is 1.73. The molecule has 1 saturated carbocycles. The van der Waals surface area contributed by atoms with Gasteiger partial charge in [0.25, 0.3) is 0 Å². The number of aromatic carboxylic acids is 1. The molecule has 1 aliphatic rings. The van der Waals surface area contributed by atoms with Crippen LogP contribution in [0.3, 0.4) is 0 Å². The Morgan fingerprint density at radius 3 is 2.56 bits per heavy atom. The molecule has 0 heterocycles. The molecule has 1 atom stereocenters. The molecule has 0 bridgehead atoms. The summed E-state index contributed by atoms with van der Waals surface area (Å²) < 4.78 is 0. The summed E-state index contributed by atoms with van der Waals surface area (Å²) in [7, 11) is 0. The van der Waals surface area contributed by atoms with E-state index in [0.29, 0.717) is 10.8 Å². The molecule has 1 fully saturated rings. The molecule has 0 saturated heterocycles. The van der Waals surface area contributed by atoms with E-state index in [2.05, 4.69) is 13.2 Å². The molecular formula is C13H16O2S. The average molecular weight is 236 g/mol. The van der Waals surface area contributed by atoms with E-state index in [1.807, 2.05) is 23.9 Å².